The summed E-state index contributed by atoms with van der Waals surface area (Å²) < 4.78 is 10.2. The lowest BCUT2D eigenvalue weighted by Crippen LogP contribution is -2.27. The first-order chi connectivity index (χ1) is 12.4. The number of aryl methyl sites for hydroxylation is 2. The van der Waals surface area contributed by atoms with Gasteiger partial charge in [0, 0.05) is 12.6 Å². The zero-order valence-corrected chi connectivity index (χ0v) is 15.8. The van der Waals surface area contributed by atoms with E-state index in [1.54, 1.807) is 12.1 Å². The molecule has 0 amide bonds. The number of benzene rings is 2. The third-order valence-corrected chi connectivity index (χ3v) is 4.22. The molecule has 0 heterocycles. The molecule has 0 saturated carbocycles. The van der Waals surface area contributed by atoms with Crippen LogP contribution in [0.2, 0.25) is 0 Å². The third-order valence-electron chi connectivity index (χ3n) is 4.22. The van der Waals surface area contributed by atoms with Crippen LogP contribution >= 0.6 is 0 Å². The second-order valence-corrected chi connectivity index (χ2v) is 6.58. The maximum atomic E-state index is 11.2. The predicted octanol–water partition coefficient (Wildman–Crippen LogP) is 3.28. The Morgan fingerprint density at radius 2 is 1.73 bits per heavy atom. The number of methoxy groups -OCH3 is 1. The maximum absolute atomic E-state index is 11.2. The summed E-state index contributed by atoms with van der Waals surface area (Å²) >= 11 is 0. The Kier molecular flexibility index (Phi) is 7.04. The lowest BCUT2D eigenvalue weighted by molar-refractivity contribution is -0.142. The fraction of sp³-hybridized carbons (Fsp3) is 0.381. The summed E-state index contributed by atoms with van der Waals surface area (Å²) in [5, 5.41) is 12.9. The fourth-order valence-corrected chi connectivity index (χ4v) is 2.91. The monoisotopic (exact) mass is 357 g/mol. The van der Waals surface area contributed by atoms with E-state index in [0.717, 1.165) is 29.8 Å². The van der Waals surface area contributed by atoms with Crippen LogP contribution in [0.3, 0.4) is 0 Å². The molecule has 26 heavy (non-hydrogen) atoms. The van der Waals surface area contributed by atoms with E-state index >= 15 is 0 Å². The zero-order chi connectivity index (χ0) is 19.1. The van der Waals surface area contributed by atoms with Crippen LogP contribution in [0.5, 0.6) is 11.5 Å². The SMILES string of the molecule is COC(=O)COc1c(C)cc(CNC(C)Cc2ccc(O)cc2)cc1C. The Morgan fingerprint density at radius 3 is 2.31 bits per heavy atom. The zero-order valence-electron chi connectivity index (χ0n) is 15.8. The van der Waals surface area contributed by atoms with E-state index in [2.05, 4.69) is 29.1 Å². The molecule has 2 N–H and O–H groups in total. The highest BCUT2D eigenvalue weighted by Crippen LogP contribution is 2.25. The molecule has 0 aliphatic carbocycles. The summed E-state index contributed by atoms with van der Waals surface area (Å²) in [7, 11) is 1.35. The summed E-state index contributed by atoms with van der Waals surface area (Å²) in [5.41, 5.74) is 4.35. The van der Waals surface area contributed by atoms with Crippen molar-refractivity contribution in [1.29, 1.82) is 0 Å². The number of ether oxygens (including phenoxy) is 2. The number of esters is 1. The Balaban J connectivity index is 1.92. The van der Waals surface area contributed by atoms with Crippen molar-refractivity contribution < 1.29 is 19.4 Å². The molecule has 0 radical (unpaired) electrons. The molecular formula is C21H27NO4. The van der Waals surface area contributed by atoms with Gasteiger partial charge in [-0.3, -0.25) is 0 Å². The van der Waals surface area contributed by atoms with Gasteiger partial charge in [-0.15, -0.1) is 0 Å². The summed E-state index contributed by atoms with van der Waals surface area (Å²) in [6.45, 7) is 6.75. The van der Waals surface area contributed by atoms with Crippen LogP contribution in [-0.2, 0) is 22.5 Å². The van der Waals surface area contributed by atoms with Crippen LogP contribution in [0.4, 0.5) is 0 Å². The minimum Gasteiger partial charge on any atom is -0.508 e. The molecule has 2 aromatic carbocycles. The predicted molar refractivity (Wildman–Crippen MR) is 102 cm³/mol. The largest absolute Gasteiger partial charge is 0.508 e. The van der Waals surface area contributed by atoms with E-state index in [4.69, 9.17) is 4.74 Å². The Morgan fingerprint density at radius 1 is 1.12 bits per heavy atom. The molecule has 140 valence electrons. The lowest BCUT2D eigenvalue weighted by atomic mass is 10.0. The van der Waals surface area contributed by atoms with Crippen molar-refractivity contribution >= 4 is 5.97 Å². The molecule has 0 saturated heterocycles. The number of hydrogen-bond acceptors (Lipinski definition) is 5. The van der Waals surface area contributed by atoms with E-state index in [0.29, 0.717) is 6.04 Å². The molecule has 2 rings (SSSR count). The first-order valence-electron chi connectivity index (χ1n) is 8.70. The summed E-state index contributed by atoms with van der Waals surface area (Å²) in [5.74, 6) is 0.628. The lowest BCUT2D eigenvalue weighted by Gasteiger charge is -2.17. The van der Waals surface area contributed by atoms with Crippen molar-refractivity contribution in [2.75, 3.05) is 13.7 Å². The van der Waals surface area contributed by atoms with Crippen molar-refractivity contribution in [2.45, 2.75) is 39.8 Å². The van der Waals surface area contributed by atoms with Gasteiger partial charge < -0.3 is 19.9 Å². The van der Waals surface area contributed by atoms with Crippen LogP contribution in [-0.4, -0.2) is 30.8 Å². The number of aromatic hydroxyl groups is 1. The first kappa shape index (κ1) is 19.8. The van der Waals surface area contributed by atoms with E-state index in [-0.39, 0.29) is 12.4 Å². The van der Waals surface area contributed by atoms with Gasteiger partial charge in [0.2, 0.25) is 0 Å². The van der Waals surface area contributed by atoms with Crippen molar-refractivity contribution in [2.24, 2.45) is 0 Å². The number of rotatable bonds is 8. The van der Waals surface area contributed by atoms with Crippen LogP contribution < -0.4 is 10.1 Å². The van der Waals surface area contributed by atoms with Crippen molar-refractivity contribution in [3.8, 4) is 11.5 Å². The number of hydrogen-bond donors (Lipinski definition) is 2. The van der Waals surface area contributed by atoms with Gasteiger partial charge >= 0.3 is 5.97 Å². The summed E-state index contributed by atoms with van der Waals surface area (Å²) in [6.07, 6.45) is 0.887. The van der Waals surface area contributed by atoms with Gasteiger partial charge in [-0.25, -0.2) is 4.79 Å². The van der Waals surface area contributed by atoms with E-state index in [9.17, 15) is 9.90 Å². The molecule has 1 atom stereocenters. The van der Waals surface area contributed by atoms with Crippen LogP contribution in [0.1, 0.15) is 29.2 Å². The van der Waals surface area contributed by atoms with Gasteiger partial charge in [0.1, 0.15) is 11.5 Å². The van der Waals surface area contributed by atoms with Gasteiger partial charge in [-0.2, -0.15) is 0 Å². The molecule has 1 unspecified atom stereocenters. The minimum atomic E-state index is -0.391. The maximum Gasteiger partial charge on any atom is 0.343 e. The molecule has 0 aliphatic heterocycles. The van der Waals surface area contributed by atoms with Gasteiger partial charge in [-0.1, -0.05) is 24.3 Å². The summed E-state index contributed by atoms with van der Waals surface area (Å²) in [4.78, 5) is 11.2. The molecule has 5 heteroatoms. The van der Waals surface area contributed by atoms with Gasteiger partial charge in [0.15, 0.2) is 6.61 Å². The molecule has 0 aromatic heterocycles. The highest BCUT2D eigenvalue weighted by atomic mass is 16.6. The Hall–Kier alpha value is -2.53. The molecule has 0 bridgehead atoms. The van der Waals surface area contributed by atoms with E-state index < -0.39 is 5.97 Å². The highest BCUT2D eigenvalue weighted by Gasteiger charge is 2.10. The van der Waals surface area contributed by atoms with Crippen LogP contribution in [0.25, 0.3) is 0 Å². The normalized spacial score (nSPS) is 11.8. The second-order valence-electron chi connectivity index (χ2n) is 6.58. The number of nitrogens with one attached hydrogen (secondary N) is 1. The van der Waals surface area contributed by atoms with Crippen LogP contribution in [0, 0.1) is 13.8 Å². The average Bonchev–Trinajstić information content (AvgIpc) is 2.61. The Bertz CT molecular complexity index is 717. The van der Waals surface area contributed by atoms with Crippen molar-refractivity contribution in [3.63, 3.8) is 0 Å². The fourth-order valence-electron chi connectivity index (χ4n) is 2.91. The van der Waals surface area contributed by atoms with Gasteiger partial charge in [0.25, 0.3) is 0 Å². The highest BCUT2D eigenvalue weighted by molar-refractivity contribution is 5.71. The molecular weight excluding hydrogens is 330 g/mol. The number of phenolic OH excluding ortho intramolecular Hbond substituents is 1. The smallest absolute Gasteiger partial charge is 0.343 e. The molecule has 5 nitrogen and oxygen atoms in total. The van der Waals surface area contributed by atoms with Crippen molar-refractivity contribution in [1.82, 2.24) is 5.32 Å². The van der Waals surface area contributed by atoms with Gasteiger partial charge in [-0.05, 0) is 61.6 Å². The third kappa shape index (κ3) is 5.77. The van der Waals surface area contributed by atoms with Gasteiger partial charge in [0.05, 0.1) is 7.11 Å². The Labute approximate surface area is 155 Å². The number of carbonyl (C=O) groups excluding carboxylic acids is 1. The summed E-state index contributed by atoms with van der Waals surface area (Å²) in [6, 6.07) is 11.7. The molecule has 0 aliphatic rings. The van der Waals surface area contributed by atoms with Crippen LogP contribution in [0.15, 0.2) is 36.4 Å². The number of carbonyl (C=O) groups is 1. The second kappa shape index (κ2) is 9.25. The van der Waals surface area contributed by atoms with E-state index in [1.807, 2.05) is 26.0 Å². The topological polar surface area (TPSA) is 67.8 Å². The first-order valence-corrected chi connectivity index (χ1v) is 8.70. The standard InChI is InChI=1S/C21H27NO4/c1-14-9-18(10-15(2)21(14)26-13-20(24)25-4)12-22-16(3)11-17-5-7-19(23)8-6-17/h5-10,16,22-23H,11-13H2,1-4H3. The molecule has 0 fully saturated rings. The van der Waals surface area contributed by atoms with Crippen molar-refractivity contribution in [3.05, 3.63) is 58.7 Å². The average molecular weight is 357 g/mol. The number of phenols is 1. The minimum absolute atomic E-state index is 0.0839. The molecule has 2 aromatic rings. The quantitative estimate of drug-likeness (QED) is 0.710. The van der Waals surface area contributed by atoms with E-state index in [1.165, 1.54) is 18.2 Å². The molecule has 0 spiro atoms.